The van der Waals surface area contributed by atoms with E-state index >= 15 is 0 Å². The van der Waals surface area contributed by atoms with Gasteiger partial charge in [0.1, 0.15) is 18.2 Å². The van der Waals surface area contributed by atoms with Crippen LogP contribution in [0.1, 0.15) is 15.9 Å². The topological polar surface area (TPSA) is 46.5 Å². The first-order valence-corrected chi connectivity index (χ1v) is 7.15. The molecule has 0 radical (unpaired) electrons. The number of carboxylic acids is 1. The normalized spacial score (nSPS) is 10.3. The zero-order chi connectivity index (χ0) is 14.7. The molecule has 0 aliphatic rings. The van der Waals surface area contributed by atoms with E-state index in [-0.39, 0.29) is 18.0 Å². The molecule has 0 aromatic heterocycles. The summed E-state index contributed by atoms with van der Waals surface area (Å²) in [5.74, 6) is -0.992. The number of carbonyl (C=O) groups is 1. The highest BCUT2D eigenvalue weighted by molar-refractivity contribution is 9.10. The van der Waals surface area contributed by atoms with E-state index in [9.17, 15) is 9.18 Å². The Morgan fingerprint density at radius 1 is 1.15 bits per heavy atom. The Balaban J connectivity index is 2.15. The van der Waals surface area contributed by atoms with E-state index in [1.165, 1.54) is 24.3 Å². The van der Waals surface area contributed by atoms with Crippen LogP contribution in [0.2, 0.25) is 0 Å². The molecule has 3 nitrogen and oxygen atoms in total. The fourth-order valence-electron chi connectivity index (χ4n) is 1.54. The monoisotopic (exact) mass is 402 g/mol. The zero-order valence-corrected chi connectivity index (χ0v) is 13.2. The van der Waals surface area contributed by atoms with Gasteiger partial charge >= 0.3 is 5.97 Å². The molecule has 0 spiro atoms. The Labute approximate surface area is 131 Å². The van der Waals surface area contributed by atoms with Gasteiger partial charge < -0.3 is 9.84 Å². The molecule has 0 bridgehead atoms. The molecular weight excluding hydrogens is 395 g/mol. The summed E-state index contributed by atoms with van der Waals surface area (Å²) in [5, 5.41) is 8.88. The SMILES string of the molecule is O=C(O)c1ccc(COc2cc(F)ccc2Br)c(Br)c1. The maximum atomic E-state index is 13.1. The third-order valence-electron chi connectivity index (χ3n) is 2.58. The molecule has 0 atom stereocenters. The minimum atomic E-state index is -0.994. The first-order valence-electron chi connectivity index (χ1n) is 5.57. The maximum Gasteiger partial charge on any atom is 0.335 e. The third-order valence-corrected chi connectivity index (χ3v) is 3.97. The van der Waals surface area contributed by atoms with Gasteiger partial charge in [0, 0.05) is 16.1 Å². The molecule has 0 saturated carbocycles. The lowest BCUT2D eigenvalue weighted by atomic mass is 10.1. The van der Waals surface area contributed by atoms with E-state index < -0.39 is 5.97 Å². The second-order valence-corrected chi connectivity index (χ2v) is 5.68. The van der Waals surface area contributed by atoms with Gasteiger partial charge in [-0.15, -0.1) is 0 Å². The Hall–Kier alpha value is -1.40. The van der Waals surface area contributed by atoms with Gasteiger partial charge in [0.05, 0.1) is 10.0 Å². The Morgan fingerprint density at radius 2 is 1.90 bits per heavy atom. The Bertz CT molecular complexity index is 659. The van der Waals surface area contributed by atoms with Crippen molar-refractivity contribution in [2.24, 2.45) is 0 Å². The third kappa shape index (κ3) is 3.58. The lowest BCUT2D eigenvalue weighted by Crippen LogP contribution is -2.01. The maximum absolute atomic E-state index is 13.1. The van der Waals surface area contributed by atoms with Gasteiger partial charge in [0.2, 0.25) is 0 Å². The molecule has 2 aromatic rings. The van der Waals surface area contributed by atoms with Crippen LogP contribution >= 0.6 is 31.9 Å². The van der Waals surface area contributed by atoms with E-state index in [1.54, 1.807) is 12.1 Å². The van der Waals surface area contributed by atoms with Crippen LogP contribution in [0.25, 0.3) is 0 Å². The van der Waals surface area contributed by atoms with Crippen LogP contribution in [-0.4, -0.2) is 11.1 Å². The predicted octanol–water partition coefficient (Wildman–Crippen LogP) is 4.63. The lowest BCUT2D eigenvalue weighted by molar-refractivity contribution is 0.0696. The number of halogens is 3. The first-order chi connectivity index (χ1) is 9.47. The molecule has 2 rings (SSSR count). The molecular formula is C14H9Br2FO3. The first kappa shape index (κ1) is 15.0. The summed E-state index contributed by atoms with van der Waals surface area (Å²) in [7, 11) is 0. The summed E-state index contributed by atoms with van der Waals surface area (Å²) in [4.78, 5) is 10.8. The van der Waals surface area contributed by atoms with Crippen molar-refractivity contribution in [2.45, 2.75) is 6.61 Å². The molecule has 0 fully saturated rings. The van der Waals surface area contributed by atoms with Gasteiger partial charge in [0.25, 0.3) is 0 Å². The largest absolute Gasteiger partial charge is 0.488 e. The van der Waals surface area contributed by atoms with Crippen LogP contribution in [0.3, 0.4) is 0 Å². The molecule has 0 saturated heterocycles. The van der Waals surface area contributed by atoms with Crippen molar-refractivity contribution in [2.75, 3.05) is 0 Å². The average molecular weight is 404 g/mol. The zero-order valence-electron chi connectivity index (χ0n) is 10.1. The molecule has 0 unspecified atom stereocenters. The van der Waals surface area contributed by atoms with E-state index in [0.29, 0.717) is 14.7 Å². The second-order valence-electron chi connectivity index (χ2n) is 3.97. The number of carboxylic acid groups (broad SMARTS) is 1. The van der Waals surface area contributed by atoms with Crippen molar-refractivity contribution in [1.82, 2.24) is 0 Å². The Kier molecular flexibility index (Phi) is 4.77. The summed E-state index contributed by atoms with van der Waals surface area (Å²) in [6.07, 6.45) is 0. The molecule has 0 aliphatic heterocycles. The highest BCUT2D eigenvalue weighted by Gasteiger charge is 2.08. The van der Waals surface area contributed by atoms with Gasteiger partial charge in [-0.1, -0.05) is 22.0 Å². The molecule has 20 heavy (non-hydrogen) atoms. The smallest absolute Gasteiger partial charge is 0.335 e. The van der Waals surface area contributed by atoms with Crippen LogP contribution in [-0.2, 0) is 6.61 Å². The average Bonchev–Trinajstić information content (AvgIpc) is 2.40. The van der Waals surface area contributed by atoms with Crippen LogP contribution in [0, 0.1) is 5.82 Å². The number of aromatic carboxylic acids is 1. The standard InChI is InChI=1S/C14H9Br2FO3/c15-11-4-3-10(17)6-13(11)20-7-9-2-1-8(14(18)19)5-12(9)16/h1-6H,7H2,(H,18,19). The summed E-state index contributed by atoms with van der Waals surface area (Å²) in [5.41, 5.74) is 0.957. The summed E-state index contributed by atoms with van der Waals surface area (Å²) in [6, 6.07) is 8.82. The van der Waals surface area contributed by atoms with Crippen LogP contribution < -0.4 is 4.74 Å². The molecule has 2 aromatic carbocycles. The fraction of sp³-hybridized carbons (Fsp3) is 0.0714. The number of ether oxygens (including phenoxy) is 1. The number of rotatable bonds is 4. The van der Waals surface area contributed by atoms with Crippen molar-refractivity contribution < 1.29 is 19.0 Å². The van der Waals surface area contributed by atoms with Gasteiger partial charge in [-0.25, -0.2) is 9.18 Å². The van der Waals surface area contributed by atoms with Crippen molar-refractivity contribution in [3.05, 3.63) is 62.3 Å². The fourth-order valence-corrected chi connectivity index (χ4v) is 2.40. The number of hydrogen-bond acceptors (Lipinski definition) is 2. The van der Waals surface area contributed by atoms with Crippen LogP contribution in [0.15, 0.2) is 45.3 Å². The van der Waals surface area contributed by atoms with Crippen LogP contribution in [0.4, 0.5) is 4.39 Å². The van der Waals surface area contributed by atoms with E-state index in [0.717, 1.165) is 5.56 Å². The quantitative estimate of drug-likeness (QED) is 0.809. The summed E-state index contributed by atoms with van der Waals surface area (Å²) < 4.78 is 19.9. The minimum absolute atomic E-state index is 0.188. The highest BCUT2D eigenvalue weighted by atomic mass is 79.9. The van der Waals surface area contributed by atoms with Gasteiger partial charge in [0.15, 0.2) is 0 Å². The summed E-state index contributed by atoms with van der Waals surface area (Å²) >= 11 is 6.56. The predicted molar refractivity (Wildman–Crippen MR) is 79.5 cm³/mol. The minimum Gasteiger partial charge on any atom is -0.488 e. The van der Waals surface area contributed by atoms with Crippen LogP contribution in [0.5, 0.6) is 5.75 Å². The van der Waals surface area contributed by atoms with E-state index in [2.05, 4.69) is 31.9 Å². The number of benzene rings is 2. The molecule has 1 N–H and O–H groups in total. The second kappa shape index (κ2) is 6.37. The molecule has 0 aliphatic carbocycles. The molecule has 6 heteroatoms. The van der Waals surface area contributed by atoms with E-state index in [4.69, 9.17) is 9.84 Å². The molecule has 0 amide bonds. The van der Waals surface area contributed by atoms with E-state index in [1.807, 2.05) is 0 Å². The summed E-state index contributed by atoms with van der Waals surface area (Å²) in [6.45, 7) is 0.197. The van der Waals surface area contributed by atoms with Gasteiger partial charge in [-0.3, -0.25) is 0 Å². The van der Waals surface area contributed by atoms with Crippen molar-refractivity contribution >= 4 is 37.8 Å². The molecule has 0 heterocycles. The van der Waals surface area contributed by atoms with Gasteiger partial charge in [-0.2, -0.15) is 0 Å². The lowest BCUT2D eigenvalue weighted by Gasteiger charge is -2.10. The molecule has 104 valence electrons. The van der Waals surface area contributed by atoms with Crippen molar-refractivity contribution in [3.63, 3.8) is 0 Å². The number of hydrogen-bond donors (Lipinski definition) is 1. The highest BCUT2D eigenvalue weighted by Crippen LogP contribution is 2.27. The van der Waals surface area contributed by atoms with Crippen molar-refractivity contribution in [3.8, 4) is 5.75 Å². The Morgan fingerprint density at radius 3 is 2.55 bits per heavy atom. The van der Waals surface area contributed by atoms with Gasteiger partial charge in [-0.05, 0) is 40.2 Å². The van der Waals surface area contributed by atoms with Crippen molar-refractivity contribution in [1.29, 1.82) is 0 Å².